The predicted molar refractivity (Wildman–Crippen MR) is 63.3 cm³/mol. The van der Waals surface area contributed by atoms with Gasteiger partial charge in [-0.3, -0.25) is 0 Å². The van der Waals surface area contributed by atoms with Crippen LogP contribution in [0, 0.1) is 0 Å². The molecule has 3 heteroatoms. The van der Waals surface area contributed by atoms with Crippen molar-refractivity contribution < 1.29 is 5.11 Å². The fraction of sp³-hybridized carbons (Fsp3) is 0.500. The maximum atomic E-state index is 9.29. The van der Waals surface area contributed by atoms with Crippen molar-refractivity contribution in [3.05, 3.63) is 23.8 Å². The molecule has 0 saturated heterocycles. The first-order chi connectivity index (χ1) is 7.03. The Hall–Kier alpha value is -1.22. The molecule has 0 aromatic heterocycles. The molecule has 2 rings (SSSR count). The van der Waals surface area contributed by atoms with E-state index >= 15 is 0 Å². The zero-order valence-corrected chi connectivity index (χ0v) is 9.54. The lowest BCUT2D eigenvalue weighted by Crippen LogP contribution is -2.47. The smallest absolute Gasteiger partial charge is 0.0702 e. The van der Waals surface area contributed by atoms with Crippen LogP contribution in [0.25, 0.3) is 0 Å². The van der Waals surface area contributed by atoms with Crippen LogP contribution in [0.15, 0.2) is 18.2 Å². The van der Waals surface area contributed by atoms with Gasteiger partial charge < -0.3 is 15.3 Å². The van der Waals surface area contributed by atoms with E-state index in [4.69, 9.17) is 0 Å². The molecule has 2 N–H and O–H groups in total. The molecule has 0 radical (unpaired) electrons. The van der Waals surface area contributed by atoms with Gasteiger partial charge in [0.15, 0.2) is 0 Å². The van der Waals surface area contributed by atoms with E-state index in [1.54, 1.807) is 0 Å². The van der Waals surface area contributed by atoms with Crippen LogP contribution in [0.4, 0.5) is 11.4 Å². The minimum Gasteiger partial charge on any atom is -0.392 e. The van der Waals surface area contributed by atoms with Crippen LogP contribution in [0.2, 0.25) is 0 Å². The van der Waals surface area contributed by atoms with Gasteiger partial charge in [-0.1, -0.05) is 12.1 Å². The molecule has 0 aliphatic carbocycles. The van der Waals surface area contributed by atoms with Crippen molar-refractivity contribution >= 4 is 11.4 Å². The van der Waals surface area contributed by atoms with Crippen LogP contribution in [0.1, 0.15) is 19.4 Å². The van der Waals surface area contributed by atoms with Crippen LogP contribution in [0.5, 0.6) is 0 Å². The third kappa shape index (κ3) is 1.79. The maximum absolute atomic E-state index is 9.29. The van der Waals surface area contributed by atoms with E-state index in [9.17, 15) is 5.11 Å². The fourth-order valence-corrected chi connectivity index (χ4v) is 2.35. The summed E-state index contributed by atoms with van der Waals surface area (Å²) in [4.78, 5) is 2.21. The third-order valence-corrected chi connectivity index (χ3v) is 2.78. The fourth-order valence-electron chi connectivity index (χ4n) is 2.35. The SMILES string of the molecule is CN1CC(C)(C)Nc2cccc(CO)c21. The highest BCUT2D eigenvalue weighted by Gasteiger charge is 2.28. The molecule has 1 aromatic carbocycles. The zero-order valence-electron chi connectivity index (χ0n) is 9.54. The molecule has 1 aliphatic heterocycles. The normalized spacial score (nSPS) is 18.3. The molecule has 0 unspecified atom stereocenters. The van der Waals surface area contributed by atoms with Gasteiger partial charge in [-0.25, -0.2) is 0 Å². The first-order valence-corrected chi connectivity index (χ1v) is 5.25. The quantitative estimate of drug-likeness (QED) is 0.735. The van der Waals surface area contributed by atoms with Crippen molar-refractivity contribution in [2.24, 2.45) is 0 Å². The Bertz CT molecular complexity index is 374. The zero-order chi connectivity index (χ0) is 11.1. The van der Waals surface area contributed by atoms with Gasteiger partial charge in [0.25, 0.3) is 0 Å². The second-order valence-corrected chi connectivity index (χ2v) is 4.84. The summed E-state index contributed by atoms with van der Waals surface area (Å²) in [5.74, 6) is 0. The summed E-state index contributed by atoms with van der Waals surface area (Å²) in [7, 11) is 2.07. The highest BCUT2D eigenvalue weighted by atomic mass is 16.3. The molecule has 82 valence electrons. The van der Waals surface area contributed by atoms with E-state index in [-0.39, 0.29) is 12.1 Å². The van der Waals surface area contributed by atoms with Gasteiger partial charge in [0.2, 0.25) is 0 Å². The number of nitrogens with one attached hydrogen (secondary N) is 1. The summed E-state index contributed by atoms with van der Waals surface area (Å²) in [6, 6.07) is 6.01. The minimum absolute atomic E-state index is 0.0792. The van der Waals surface area contributed by atoms with Gasteiger partial charge in [0.05, 0.1) is 18.0 Å². The van der Waals surface area contributed by atoms with Crippen LogP contribution < -0.4 is 10.2 Å². The number of benzene rings is 1. The first kappa shape index (κ1) is 10.3. The molecule has 1 aromatic rings. The van der Waals surface area contributed by atoms with Gasteiger partial charge in [0, 0.05) is 24.7 Å². The summed E-state index contributed by atoms with van der Waals surface area (Å²) < 4.78 is 0. The lowest BCUT2D eigenvalue weighted by atomic mass is 9.98. The van der Waals surface area contributed by atoms with Crippen LogP contribution in [-0.2, 0) is 6.61 Å². The van der Waals surface area contributed by atoms with Crippen molar-refractivity contribution in [3.8, 4) is 0 Å². The lowest BCUT2D eigenvalue weighted by Gasteiger charge is -2.41. The summed E-state index contributed by atoms with van der Waals surface area (Å²) >= 11 is 0. The second-order valence-electron chi connectivity index (χ2n) is 4.84. The summed E-state index contributed by atoms with van der Waals surface area (Å²) in [5.41, 5.74) is 3.30. The molecule has 1 aliphatic rings. The van der Waals surface area contributed by atoms with Gasteiger partial charge >= 0.3 is 0 Å². The molecule has 0 bridgehead atoms. The number of anilines is 2. The monoisotopic (exact) mass is 206 g/mol. The molecule has 0 spiro atoms. The molecule has 0 saturated carbocycles. The number of fused-ring (bicyclic) bond motifs is 1. The molecule has 15 heavy (non-hydrogen) atoms. The summed E-state index contributed by atoms with van der Waals surface area (Å²) in [5, 5.41) is 12.8. The molecule has 0 atom stereocenters. The topological polar surface area (TPSA) is 35.5 Å². The number of rotatable bonds is 1. The van der Waals surface area contributed by atoms with E-state index in [0.29, 0.717) is 0 Å². The highest BCUT2D eigenvalue weighted by molar-refractivity contribution is 5.76. The maximum Gasteiger partial charge on any atom is 0.0702 e. The van der Waals surface area contributed by atoms with Crippen molar-refractivity contribution in [1.29, 1.82) is 0 Å². The number of aliphatic hydroxyl groups excluding tert-OH is 1. The summed E-state index contributed by atoms with van der Waals surface area (Å²) in [6.45, 7) is 5.39. The average molecular weight is 206 g/mol. The number of nitrogens with zero attached hydrogens (tertiary/aromatic N) is 1. The Labute approximate surface area is 90.7 Å². The Morgan fingerprint density at radius 2 is 2.20 bits per heavy atom. The van der Waals surface area contributed by atoms with E-state index in [2.05, 4.69) is 37.2 Å². The Kier molecular flexibility index (Phi) is 2.35. The number of aliphatic hydroxyl groups is 1. The second kappa shape index (κ2) is 3.42. The highest BCUT2D eigenvalue weighted by Crippen LogP contribution is 2.36. The Morgan fingerprint density at radius 1 is 1.47 bits per heavy atom. The number of hydrogen-bond donors (Lipinski definition) is 2. The van der Waals surface area contributed by atoms with Gasteiger partial charge in [-0.15, -0.1) is 0 Å². The van der Waals surface area contributed by atoms with E-state index in [0.717, 1.165) is 23.5 Å². The summed E-state index contributed by atoms with van der Waals surface area (Å²) in [6.07, 6.45) is 0. The minimum atomic E-state index is 0.0792. The van der Waals surface area contributed by atoms with Gasteiger partial charge in [-0.2, -0.15) is 0 Å². The van der Waals surface area contributed by atoms with Crippen molar-refractivity contribution in [2.75, 3.05) is 23.8 Å². The molecule has 0 fully saturated rings. The first-order valence-electron chi connectivity index (χ1n) is 5.25. The van der Waals surface area contributed by atoms with Gasteiger partial charge in [0.1, 0.15) is 0 Å². The van der Waals surface area contributed by atoms with E-state index in [1.165, 1.54) is 0 Å². The van der Waals surface area contributed by atoms with Crippen LogP contribution in [-0.4, -0.2) is 24.2 Å². The molecule has 1 heterocycles. The Morgan fingerprint density at radius 3 is 2.87 bits per heavy atom. The number of para-hydroxylation sites is 1. The molecule has 3 nitrogen and oxygen atoms in total. The van der Waals surface area contributed by atoms with Crippen molar-refractivity contribution in [1.82, 2.24) is 0 Å². The Balaban J connectivity index is 2.49. The average Bonchev–Trinajstić information content (AvgIpc) is 2.14. The standard InChI is InChI=1S/C12H18N2O/c1-12(2)8-14(3)11-9(7-15)5-4-6-10(11)13-12/h4-6,13,15H,7-8H2,1-3H3. The molecule has 0 amide bonds. The third-order valence-electron chi connectivity index (χ3n) is 2.78. The van der Waals surface area contributed by atoms with Crippen molar-refractivity contribution in [3.63, 3.8) is 0 Å². The lowest BCUT2D eigenvalue weighted by molar-refractivity contribution is 0.282. The molecular formula is C12H18N2O. The number of hydrogen-bond acceptors (Lipinski definition) is 3. The number of likely N-dealkylation sites (N-methyl/N-ethyl adjacent to an activating group) is 1. The predicted octanol–water partition coefficient (Wildman–Crippen LogP) is 1.82. The largest absolute Gasteiger partial charge is 0.392 e. The van der Waals surface area contributed by atoms with E-state index in [1.807, 2.05) is 12.1 Å². The van der Waals surface area contributed by atoms with Gasteiger partial charge in [-0.05, 0) is 19.9 Å². The van der Waals surface area contributed by atoms with Crippen LogP contribution >= 0.6 is 0 Å². The van der Waals surface area contributed by atoms with Crippen molar-refractivity contribution in [2.45, 2.75) is 26.0 Å². The molecular weight excluding hydrogens is 188 g/mol. The van der Waals surface area contributed by atoms with E-state index < -0.39 is 0 Å². The van der Waals surface area contributed by atoms with Crippen LogP contribution in [0.3, 0.4) is 0 Å².